The third-order valence-corrected chi connectivity index (χ3v) is 5.27. The first-order valence-corrected chi connectivity index (χ1v) is 7.88. The van der Waals surface area contributed by atoms with Gasteiger partial charge in [0.05, 0.1) is 6.10 Å². The molecule has 1 aliphatic carbocycles. The standard InChI is InChI=1S/C16H32N2O/c1-11(2)7-13-10-18(12(3)9-17-13)14-8-15(19-6)16(14,4)5/h11-15,17H,7-10H2,1-6H3. The number of hydrogen-bond acceptors (Lipinski definition) is 3. The minimum atomic E-state index is 0.294. The molecular formula is C16H32N2O. The number of ether oxygens (including phenoxy) is 1. The van der Waals surface area contributed by atoms with Crippen LogP contribution in [0.1, 0.15) is 47.5 Å². The number of hydrogen-bond donors (Lipinski definition) is 1. The molecule has 0 bridgehead atoms. The van der Waals surface area contributed by atoms with Gasteiger partial charge in [-0.2, -0.15) is 0 Å². The summed E-state index contributed by atoms with van der Waals surface area (Å²) in [5.41, 5.74) is 0.294. The molecule has 3 heteroatoms. The minimum Gasteiger partial charge on any atom is -0.381 e. The lowest BCUT2D eigenvalue weighted by Gasteiger charge is -2.58. The molecule has 0 aromatic rings. The molecule has 1 saturated carbocycles. The van der Waals surface area contributed by atoms with E-state index in [1.807, 2.05) is 7.11 Å². The van der Waals surface area contributed by atoms with E-state index in [-0.39, 0.29) is 0 Å². The number of nitrogens with one attached hydrogen (secondary N) is 1. The smallest absolute Gasteiger partial charge is 0.0652 e. The third-order valence-electron chi connectivity index (χ3n) is 5.27. The molecule has 4 atom stereocenters. The Hall–Kier alpha value is -0.120. The molecule has 0 radical (unpaired) electrons. The Labute approximate surface area is 119 Å². The molecule has 4 unspecified atom stereocenters. The lowest BCUT2D eigenvalue weighted by molar-refractivity contribution is -0.151. The Kier molecular flexibility index (Phi) is 4.59. The summed E-state index contributed by atoms with van der Waals surface area (Å²) in [6.07, 6.45) is 2.91. The van der Waals surface area contributed by atoms with Gasteiger partial charge in [-0.25, -0.2) is 0 Å². The van der Waals surface area contributed by atoms with Crippen molar-refractivity contribution in [1.82, 2.24) is 10.2 Å². The van der Waals surface area contributed by atoms with Crippen LogP contribution in [-0.2, 0) is 4.74 Å². The van der Waals surface area contributed by atoms with Gasteiger partial charge < -0.3 is 10.1 Å². The van der Waals surface area contributed by atoms with Gasteiger partial charge in [-0.3, -0.25) is 4.90 Å². The highest BCUT2D eigenvalue weighted by Gasteiger charge is 2.52. The first-order valence-electron chi connectivity index (χ1n) is 7.88. The maximum absolute atomic E-state index is 5.61. The van der Waals surface area contributed by atoms with E-state index in [4.69, 9.17) is 4.74 Å². The van der Waals surface area contributed by atoms with Crippen LogP contribution in [0.3, 0.4) is 0 Å². The summed E-state index contributed by atoms with van der Waals surface area (Å²) in [4.78, 5) is 2.74. The van der Waals surface area contributed by atoms with Crippen molar-refractivity contribution in [3.63, 3.8) is 0 Å². The largest absolute Gasteiger partial charge is 0.381 e. The quantitative estimate of drug-likeness (QED) is 0.848. The van der Waals surface area contributed by atoms with Crippen LogP contribution in [0, 0.1) is 11.3 Å². The zero-order chi connectivity index (χ0) is 14.2. The second-order valence-electron chi connectivity index (χ2n) is 7.58. The predicted octanol–water partition coefficient (Wildman–Crippen LogP) is 2.51. The summed E-state index contributed by atoms with van der Waals surface area (Å²) in [6.45, 7) is 14.0. The van der Waals surface area contributed by atoms with Crippen molar-refractivity contribution in [2.45, 2.75) is 71.7 Å². The maximum Gasteiger partial charge on any atom is 0.0652 e. The second-order valence-corrected chi connectivity index (χ2v) is 7.58. The molecule has 3 nitrogen and oxygen atoms in total. The Morgan fingerprint density at radius 3 is 2.58 bits per heavy atom. The van der Waals surface area contributed by atoms with Gasteiger partial charge >= 0.3 is 0 Å². The van der Waals surface area contributed by atoms with Crippen molar-refractivity contribution in [1.29, 1.82) is 0 Å². The molecule has 1 N–H and O–H groups in total. The van der Waals surface area contributed by atoms with Gasteiger partial charge in [0.15, 0.2) is 0 Å². The van der Waals surface area contributed by atoms with Crippen molar-refractivity contribution >= 4 is 0 Å². The molecule has 0 spiro atoms. The number of rotatable bonds is 4. The van der Waals surface area contributed by atoms with Crippen molar-refractivity contribution in [3.05, 3.63) is 0 Å². The lowest BCUT2D eigenvalue weighted by Crippen LogP contribution is -2.68. The Balaban J connectivity index is 1.98. The summed E-state index contributed by atoms with van der Waals surface area (Å²) in [5, 5.41) is 3.71. The summed E-state index contributed by atoms with van der Waals surface area (Å²) < 4.78 is 5.61. The van der Waals surface area contributed by atoms with E-state index in [0.29, 0.717) is 29.6 Å². The monoisotopic (exact) mass is 268 g/mol. The van der Waals surface area contributed by atoms with Crippen molar-refractivity contribution in [2.75, 3.05) is 20.2 Å². The van der Waals surface area contributed by atoms with Gasteiger partial charge in [0.25, 0.3) is 0 Å². The van der Waals surface area contributed by atoms with E-state index in [1.54, 1.807) is 0 Å². The highest BCUT2D eigenvalue weighted by molar-refractivity contribution is 5.06. The molecule has 2 fully saturated rings. The van der Waals surface area contributed by atoms with Crippen LogP contribution in [0.2, 0.25) is 0 Å². The Bertz CT molecular complexity index is 303. The van der Waals surface area contributed by atoms with Crippen LogP contribution in [0.25, 0.3) is 0 Å². The van der Waals surface area contributed by atoms with Crippen LogP contribution < -0.4 is 5.32 Å². The molecule has 0 aromatic heterocycles. The zero-order valence-corrected chi connectivity index (χ0v) is 13.6. The number of piperazine rings is 1. The third kappa shape index (κ3) is 2.98. The molecule has 2 rings (SSSR count). The fourth-order valence-electron chi connectivity index (χ4n) is 3.94. The predicted molar refractivity (Wildman–Crippen MR) is 80.4 cm³/mol. The van der Waals surface area contributed by atoms with Gasteiger partial charge in [0, 0.05) is 43.7 Å². The lowest BCUT2D eigenvalue weighted by atomic mass is 9.63. The van der Waals surface area contributed by atoms with E-state index < -0.39 is 0 Å². The van der Waals surface area contributed by atoms with Crippen molar-refractivity contribution < 1.29 is 4.74 Å². The molecule has 1 heterocycles. The molecule has 0 amide bonds. The summed E-state index contributed by atoms with van der Waals surface area (Å²) >= 11 is 0. The van der Waals surface area contributed by atoms with E-state index in [1.165, 1.54) is 19.4 Å². The van der Waals surface area contributed by atoms with E-state index in [2.05, 4.69) is 44.8 Å². The van der Waals surface area contributed by atoms with Gasteiger partial charge in [-0.15, -0.1) is 0 Å². The molecule has 19 heavy (non-hydrogen) atoms. The molecule has 2 aliphatic rings. The first kappa shape index (κ1) is 15.3. The molecular weight excluding hydrogens is 236 g/mol. The van der Waals surface area contributed by atoms with Crippen LogP contribution in [-0.4, -0.2) is 49.3 Å². The van der Waals surface area contributed by atoms with E-state index in [0.717, 1.165) is 12.5 Å². The average Bonchev–Trinajstić information content (AvgIpc) is 2.31. The van der Waals surface area contributed by atoms with E-state index in [9.17, 15) is 0 Å². The van der Waals surface area contributed by atoms with E-state index >= 15 is 0 Å². The molecule has 0 aromatic carbocycles. The highest BCUT2D eigenvalue weighted by Crippen LogP contribution is 2.46. The Morgan fingerprint density at radius 2 is 2.05 bits per heavy atom. The highest BCUT2D eigenvalue weighted by atomic mass is 16.5. The SMILES string of the molecule is COC1CC(N2CC(CC(C)C)NCC2C)C1(C)C. The zero-order valence-electron chi connectivity index (χ0n) is 13.6. The van der Waals surface area contributed by atoms with Gasteiger partial charge in [-0.1, -0.05) is 27.7 Å². The van der Waals surface area contributed by atoms with Gasteiger partial charge in [0.1, 0.15) is 0 Å². The normalized spacial score (nSPS) is 39.3. The topological polar surface area (TPSA) is 24.5 Å². The first-order chi connectivity index (χ1) is 8.86. The van der Waals surface area contributed by atoms with Gasteiger partial charge in [0.2, 0.25) is 0 Å². The average molecular weight is 268 g/mol. The molecule has 112 valence electrons. The van der Waals surface area contributed by atoms with Crippen LogP contribution >= 0.6 is 0 Å². The fourth-order valence-corrected chi connectivity index (χ4v) is 3.94. The van der Waals surface area contributed by atoms with Gasteiger partial charge in [-0.05, 0) is 25.7 Å². The number of methoxy groups -OCH3 is 1. The molecule has 1 saturated heterocycles. The number of nitrogens with zero attached hydrogens (tertiary/aromatic N) is 1. The second kappa shape index (κ2) is 5.71. The maximum atomic E-state index is 5.61. The fraction of sp³-hybridized carbons (Fsp3) is 1.00. The van der Waals surface area contributed by atoms with Crippen molar-refractivity contribution in [3.8, 4) is 0 Å². The van der Waals surface area contributed by atoms with Crippen molar-refractivity contribution in [2.24, 2.45) is 11.3 Å². The van der Waals surface area contributed by atoms with Crippen LogP contribution in [0.15, 0.2) is 0 Å². The van der Waals surface area contributed by atoms with Crippen LogP contribution in [0.4, 0.5) is 0 Å². The Morgan fingerprint density at radius 1 is 1.37 bits per heavy atom. The minimum absolute atomic E-state index is 0.294. The summed E-state index contributed by atoms with van der Waals surface area (Å²) in [6, 6.07) is 1.99. The van der Waals surface area contributed by atoms with Crippen LogP contribution in [0.5, 0.6) is 0 Å². The summed E-state index contributed by atoms with van der Waals surface area (Å²) in [5.74, 6) is 0.772. The summed E-state index contributed by atoms with van der Waals surface area (Å²) in [7, 11) is 1.85. The molecule has 1 aliphatic heterocycles.